The predicted molar refractivity (Wildman–Crippen MR) is 132 cm³/mol. The van der Waals surface area contributed by atoms with Crippen molar-refractivity contribution < 1.29 is 44.6 Å². The largest absolute Gasteiger partial charge is 0.493 e. The standard InChI is InChI=1S/C29H28F8O2/c1-4-6-19-7-9-20(10-8-19)21-11-13-22(14-12-21)39-27(30,31)16-15-23-18(3)17-24(38-5-2)26(29(35,36)37)25(23)28(32,33)34/h7-14,17H,4-6,15-16H2,1-3H3. The van der Waals surface area contributed by atoms with E-state index < -0.39 is 53.7 Å². The van der Waals surface area contributed by atoms with Gasteiger partial charge in [0.1, 0.15) is 17.1 Å². The molecule has 212 valence electrons. The van der Waals surface area contributed by atoms with Crippen LogP contribution in [0.5, 0.6) is 11.5 Å². The van der Waals surface area contributed by atoms with Gasteiger partial charge in [-0.3, -0.25) is 0 Å². The lowest BCUT2D eigenvalue weighted by Gasteiger charge is -2.25. The van der Waals surface area contributed by atoms with Gasteiger partial charge in [-0.1, -0.05) is 49.7 Å². The van der Waals surface area contributed by atoms with Gasteiger partial charge in [0, 0.05) is 0 Å². The smallest absolute Gasteiger partial charge is 0.420 e. The van der Waals surface area contributed by atoms with E-state index in [9.17, 15) is 35.1 Å². The molecule has 0 saturated heterocycles. The molecule has 0 radical (unpaired) electrons. The molecule has 0 fully saturated rings. The molecule has 0 saturated carbocycles. The Balaban J connectivity index is 1.83. The molecule has 0 heterocycles. The Bertz CT molecular complexity index is 1240. The summed E-state index contributed by atoms with van der Waals surface area (Å²) in [6, 6.07) is 14.3. The minimum atomic E-state index is -5.46. The molecule has 0 aliphatic rings. The molecular formula is C29H28F8O2. The summed E-state index contributed by atoms with van der Waals surface area (Å²) < 4.78 is 122. The van der Waals surface area contributed by atoms with Crippen molar-refractivity contribution in [3.05, 3.63) is 82.4 Å². The minimum absolute atomic E-state index is 0.234. The van der Waals surface area contributed by atoms with Gasteiger partial charge in [-0.15, -0.1) is 0 Å². The van der Waals surface area contributed by atoms with Crippen LogP contribution in [-0.2, 0) is 25.2 Å². The van der Waals surface area contributed by atoms with E-state index in [-0.39, 0.29) is 17.9 Å². The lowest BCUT2D eigenvalue weighted by atomic mass is 9.91. The Morgan fingerprint density at radius 3 is 1.72 bits per heavy atom. The third-order valence-electron chi connectivity index (χ3n) is 6.10. The van der Waals surface area contributed by atoms with Crippen molar-refractivity contribution in [3.8, 4) is 22.6 Å². The normalized spacial score (nSPS) is 12.5. The summed E-state index contributed by atoms with van der Waals surface area (Å²) in [5.74, 6) is -1.23. The maximum atomic E-state index is 14.7. The molecule has 2 nitrogen and oxygen atoms in total. The minimum Gasteiger partial charge on any atom is -0.493 e. The van der Waals surface area contributed by atoms with E-state index in [1.807, 2.05) is 24.3 Å². The first-order chi connectivity index (χ1) is 18.2. The van der Waals surface area contributed by atoms with Crippen LogP contribution in [0.1, 0.15) is 54.5 Å². The summed E-state index contributed by atoms with van der Waals surface area (Å²) in [7, 11) is 0. The summed E-state index contributed by atoms with van der Waals surface area (Å²) in [5, 5.41) is 0. The van der Waals surface area contributed by atoms with Gasteiger partial charge in [0.2, 0.25) is 0 Å². The molecule has 0 N–H and O–H groups in total. The van der Waals surface area contributed by atoms with Crippen LogP contribution in [0.3, 0.4) is 0 Å². The van der Waals surface area contributed by atoms with Crippen molar-refractivity contribution >= 4 is 0 Å². The van der Waals surface area contributed by atoms with E-state index in [2.05, 4.69) is 6.92 Å². The molecule has 0 atom stereocenters. The Kier molecular flexibility index (Phi) is 9.18. The molecule has 0 aliphatic carbocycles. The van der Waals surface area contributed by atoms with Crippen LogP contribution in [0.4, 0.5) is 35.1 Å². The molecule has 0 spiro atoms. The lowest BCUT2D eigenvalue weighted by Crippen LogP contribution is -2.27. The monoisotopic (exact) mass is 560 g/mol. The second-order valence-corrected chi connectivity index (χ2v) is 9.06. The highest BCUT2D eigenvalue weighted by Gasteiger charge is 2.48. The molecule has 3 rings (SSSR count). The number of halogens is 8. The van der Waals surface area contributed by atoms with Crippen LogP contribution in [0.2, 0.25) is 0 Å². The molecular weight excluding hydrogens is 532 g/mol. The molecule has 0 unspecified atom stereocenters. The molecule has 0 aliphatic heterocycles. The number of aryl methyl sites for hydroxylation is 2. The number of ether oxygens (including phenoxy) is 2. The average Bonchev–Trinajstić information content (AvgIpc) is 2.83. The lowest BCUT2D eigenvalue weighted by molar-refractivity contribution is -0.181. The summed E-state index contributed by atoms with van der Waals surface area (Å²) >= 11 is 0. The fraction of sp³-hybridized carbons (Fsp3) is 0.379. The number of alkyl halides is 8. The highest BCUT2D eigenvalue weighted by atomic mass is 19.4. The van der Waals surface area contributed by atoms with Gasteiger partial charge in [-0.2, -0.15) is 35.1 Å². The van der Waals surface area contributed by atoms with Gasteiger partial charge >= 0.3 is 18.5 Å². The maximum absolute atomic E-state index is 14.7. The first kappa shape index (κ1) is 30.2. The van der Waals surface area contributed by atoms with Gasteiger partial charge in [-0.05, 0) is 72.7 Å². The topological polar surface area (TPSA) is 18.5 Å². The van der Waals surface area contributed by atoms with Crippen molar-refractivity contribution in [1.29, 1.82) is 0 Å². The first-order valence-electron chi connectivity index (χ1n) is 12.4. The van der Waals surface area contributed by atoms with Crippen molar-refractivity contribution in [2.75, 3.05) is 6.61 Å². The maximum Gasteiger partial charge on any atom is 0.420 e. The average molecular weight is 561 g/mol. The third kappa shape index (κ3) is 7.64. The van der Waals surface area contributed by atoms with Crippen LogP contribution < -0.4 is 9.47 Å². The molecule has 3 aromatic carbocycles. The third-order valence-corrected chi connectivity index (χ3v) is 6.10. The predicted octanol–water partition coefficient (Wildman–Crippen LogP) is 9.66. The van der Waals surface area contributed by atoms with Gasteiger partial charge in [0.05, 0.1) is 18.6 Å². The number of benzene rings is 3. The van der Waals surface area contributed by atoms with Crippen LogP contribution in [0, 0.1) is 6.92 Å². The molecule has 10 heteroatoms. The number of hydrogen-bond acceptors (Lipinski definition) is 2. The van der Waals surface area contributed by atoms with Crippen LogP contribution in [0.15, 0.2) is 54.6 Å². The Morgan fingerprint density at radius 2 is 1.23 bits per heavy atom. The highest BCUT2D eigenvalue weighted by molar-refractivity contribution is 5.64. The van der Waals surface area contributed by atoms with E-state index >= 15 is 0 Å². The zero-order valence-corrected chi connectivity index (χ0v) is 21.6. The summed E-state index contributed by atoms with van der Waals surface area (Å²) in [6.45, 7) is 4.20. The number of rotatable bonds is 10. The van der Waals surface area contributed by atoms with E-state index in [0.717, 1.165) is 37.0 Å². The Labute approximate surface area is 221 Å². The van der Waals surface area contributed by atoms with Gasteiger partial charge < -0.3 is 9.47 Å². The van der Waals surface area contributed by atoms with Crippen molar-refractivity contribution in [2.45, 2.75) is 64.9 Å². The van der Waals surface area contributed by atoms with Gasteiger partial charge in [-0.25, -0.2) is 0 Å². The van der Waals surface area contributed by atoms with Crippen molar-refractivity contribution in [1.82, 2.24) is 0 Å². The summed E-state index contributed by atoms with van der Waals surface area (Å²) in [5.41, 5.74) is -2.41. The molecule has 3 aromatic rings. The van der Waals surface area contributed by atoms with Crippen LogP contribution in [0.25, 0.3) is 11.1 Å². The fourth-order valence-corrected chi connectivity index (χ4v) is 4.37. The van der Waals surface area contributed by atoms with Gasteiger partial charge in [0.25, 0.3) is 0 Å². The van der Waals surface area contributed by atoms with E-state index in [1.54, 1.807) is 12.1 Å². The zero-order chi connectivity index (χ0) is 29.0. The van der Waals surface area contributed by atoms with Crippen molar-refractivity contribution in [2.24, 2.45) is 0 Å². The molecule has 0 aromatic heterocycles. The van der Waals surface area contributed by atoms with Crippen LogP contribution >= 0.6 is 0 Å². The molecule has 39 heavy (non-hydrogen) atoms. The fourth-order valence-electron chi connectivity index (χ4n) is 4.37. The summed E-state index contributed by atoms with van der Waals surface area (Å²) in [4.78, 5) is 0. The van der Waals surface area contributed by atoms with Crippen molar-refractivity contribution in [3.63, 3.8) is 0 Å². The second kappa shape index (κ2) is 11.8. The zero-order valence-electron chi connectivity index (χ0n) is 21.6. The van der Waals surface area contributed by atoms with E-state index in [4.69, 9.17) is 9.47 Å². The quantitative estimate of drug-likeness (QED) is 0.230. The Hall–Kier alpha value is -3.30. The molecule has 0 amide bonds. The van der Waals surface area contributed by atoms with Crippen LogP contribution in [-0.4, -0.2) is 12.7 Å². The van der Waals surface area contributed by atoms with E-state index in [1.165, 1.54) is 24.6 Å². The van der Waals surface area contributed by atoms with Gasteiger partial charge in [0.15, 0.2) is 0 Å². The summed E-state index contributed by atoms with van der Waals surface area (Å²) in [6.07, 6.45) is -15.2. The second-order valence-electron chi connectivity index (χ2n) is 9.06. The van der Waals surface area contributed by atoms with E-state index in [0.29, 0.717) is 0 Å². The SMILES string of the molecule is CCCc1ccc(-c2ccc(OC(F)(F)CCc3c(C)cc(OCC)c(C(F)(F)F)c3C(F)(F)F)cc2)cc1. The Morgan fingerprint density at radius 1 is 0.692 bits per heavy atom. The molecule has 0 bridgehead atoms. The highest BCUT2D eigenvalue weighted by Crippen LogP contribution is 2.48. The first-order valence-corrected chi connectivity index (χ1v) is 12.4. The number of hydrogen-bond donors (Lipinski definition) is 0.